The Balaban J connectivity index is 2.98. The molecule has 0 spiro atoms. The van der Waals surface area contributed by atoms with Crippen molar-refractivity contribution in [1.29, 1.82) is 0 Å². The Hall–Kier alpha value is -1.46. The molecule has 0 saturated heterocycles. The van der Waals surface area contributed by atoms with Crippen LogP contribution in [0.1, 0.15) is 20.8 Å². The Kier molecular flexibility index (Phi) is 3.98. The van der Waals surface area contributed by atoms with Crippen molar-refractivity contribution >= 4 is 11.9 Å². The molecule has 1 aliphatic heterocycles. The molecule has 1 aliphatic rings. The summed E-state index contributed by atoms with van der Waals surface area (Å²) in [7, 11) is 0. The molecule has 1 rings (SSSR count). The molecule has 16 heavy (non-hydrogen) atoms. The van der Waals surface area contributed by atoms with Crippen molar-refractivity contribution < 1.29 is 19.1 Å². The van der Waals surface area contributed by atoms with E-state index in [1.54, 1.807) is 20.8 Å². The lowest BCUT2D eigenvalue weighted by molar-refractivity contribution is -0.165. The van der Waals surface area contributed by atoms with Crippen LogP contribution in [0.2, 0.25) is 0 Å². The molecule has 0 aromatic heterocycles. The van der Waals surface area contributed by atoms with E-state index in [-0.39, 0.29) is 19.1 Å². The number of hydrogen-bond donors (Lipinski definition) is 0. The highest BCUT2D eigenvalue weighted by Gasteiger charge is 2.56. The van der Waals surface area contributed by atoms with Gasteiger partial charge in [-0.05, 0) is 13.8 Å². The zero-order valence-corrected chi connectivity index (χ0v) is 9.73. The fraction of sp³-hybridized carbons (Fsp3) is 0.800. The van der Waals surface area contributed by atoms with Gasteiger partial charge in [-0.3, -0.25) is 0 Å². The summed E-state index contributed by atoms with van der Waals surface area (Å²) in [4.78, 5) is 23.6. The molecule has 0 amide bonds. The molecular weight excluding hydrogens is 212 g/mol. The largest absolute Gasteiger partial charge is 0.464 e. The van der Waals surface area contributed by atoms with Gasteiger partial charge in [0.05, 0.1) is 19.8 Å². The van der Waals surface area contributed by atoms with E-state index in [2.05, 4.69) is 10.2 Å². The number of carbonyl (C=O) groups excluding carboxylic acids is 2. The molecule has 0 radical (unpaired) electrons. The second-order valence-electron chi connectivity index (χ2n) is 3.53. The van der Waals surface area contributed by atoms with Crippen molar-refractivity contribution in [3.8, 4) is 0 Å². The molecule has 0 fully saturated rings. The highest BCUT2D eigenvalue weighted by atomic mass is 16.6. The number of nitrogens with zero attached hydrogens (tertiary/aromatic N) is 2. The van der Waals surface area contributed by atoms with Crippen LogP contribution in [-0.4, -0.2) is 37.2 Å². The molecule has 6 nitrogen and oxygen atoms in total. The molecule has 1 heterocycles. The van der Waals surface area contributed by atoms with E-state index in [1.807, 2.05) is 0 Å². The molecular formula is C10H16N2O4. The Morgan fingerprint density at radius 3 is 2.06 bits per heavy atom. The van der Waals surface area contributed by atoms with Crippen LogP contribution in [0.3, 0.4) is 0 Å². The molecule has 0 aromatic carbocycles. The topological polar surface area (TPSA) is 77.3 Å². The minimum atomic E-state index is -1.59. The van der Waals surface area contributed by atoms with Gasteiger partial charge in [-0.15, -0.1) is 0 Å². The van der Waals surface area contributed by atoms with E-state index in [4.69, 9.17) is 9.47 Å². The lowest BCUT2D eigenvalue weighted by atomic mass is 9.87. The number of carbonyl (C=O) groups is 2. The average Bonchev–Trinajstić information content (AvgIpc) is 2.62. The van der Waals surface area contributed by atoms with Gasteiger partial charge in [0, 0.05) is 5.92 Å². The lowest BCUT2D eigenvalue weighted by Gasteiger charge is -2.24. The number of ether oxygens (including phenoxy) is 2. The van der Waals surface area contributed by atoms with Crippen LogP contribution in [0.5, 0.6) is 0 Å². The van der Waals surface area contributed by atoms with E-state index in [0.29, 0.717) is 6.54 Å². The van der Waals surface area contributed by atoms with Gasteiger partial charge in [0.15, 0.2) is 0 Å². The Morgan fingerprint density at radius 1 is 1.25 bits per heavy atom. The fourth-order valence-electron chi connectivity index (χ4n) is 1.56. The summed E-state index contributed by atoms with van der Waals surface area (Å²) in [6.07, 6.45) is 0. The van der Waals surface area contributed by atoms with Crippen LogP contribution >= 0.6 is 0 Å². The first kappa shape index (κ1) is 12.6. The normalized spacial score (nSPS) is 21.8. The third-order valence-corrected chi connectivity index (χ3v) is 2.47. The van der Waals surface area contributed by atoms with Gasteiger partial charge in [-0.25, -0.2) is 9.59 Å². The monoisotopic (exact) mass is 228 g/mol. The molecule has 0 aliphatic carbocycles. The maximum atomic E-state index is 11.8. The summed E-state index contributed by atoms with van der Waals surface area (Å²) in [6.45, 7) is 5.80. The molecule has 90 valence electrons. The van der Waals surface area contributed by atoms with Crippen LogP contribution in [0, 0.1) is 5.92 Å². The van der Waals surface area contributed by atoms with E-state index in [9.17, 15) is 9.59 Å². The first-order valence-corrected chi connectivity index (χ1v) is 5.32. The second kappa shape index (κ2) is 5.05. The van der Waals surface area contributed by atoms with Gasteiger partial charge >= 0.3 is 11.9 Å². The third kappa shape index (κ3) is 1.91. The summed E-state index contributed by atoms with van der Waals surface area (Å²) in [5.41, 5.74) is -1.59. The molecule has 1 atom stereocenters. The minimum absolute atomic E-state index is 0.197. The van der Waals surface area contributed by atoms with Crippen LogP contribution < -0.4 is 0 Å². The van der Waals surface area contributed by atoms with Crippen molar-refractivity contribution in [3.63, 3.8) is 0 Å². The molecule has 1 unspecified atom stereocenters. The lowest BCUT2D eigenvalue weighted by Crippen LogP contribution is -2.50. The van der Waals surface area contributed by atoms with Gasteiger partial charge in [-0.2, -0.15) is 10.2 Å². The molecule has 0 N–H and O–H groups in total. The summed E-state index contributed by atoms with van der Waals surface area (Å²) in [5, 5.41) is 7.51. The molecule has 6 heteroatoms. The second-order valence-corrected chi connectivity index (χ2v) is 3.53. The number of rotatable bonds is 4. The zero-order valence-electron chi connectivity index (χ0n) is 9.73. The molecule has 0 aromatic rings. The predicted octanol–water partition coefficient (Wildman–Crippen LogP) is 0.953. The smallest absolute Gasteiger partial charge is 0.348 e. The van der Waals surface area contributed by atoms with Gasteiger partial charge in [-0.1, -0.05) is 6.92 Å². The first-order valence-electron chi connectivity index (χ1n) is 5.32. The Morgan fingerprint density at radius 2 is 1.75 bits per heavy atom. The zero-order chi connectivity index (χ0) is 12.2. The predicted molar refractivity (Wildman–Crippen MR) is 54.9 cm³/mol. The SMILES string of the molecule is CCOC(=O)C1(C(=O)OCC)N=NCC1C. The van der Waals surface area contributed by atoms with Crippen molar-refractivity contribution in [2.45, 2.75) is 26.3 Å². The summed E-state index contributed by atoms with van der Waals surface area (Å²) < 4.78 is 9.75. The maximum absolute atomic E-state index is 11.8. The van der Waals surface area contributed by atoms with Crippen LogP contribution in [-0.2, 0) is 19.1 Å². The molecule has 0 bridgehead atoms. The third-order valence-electron chi connectivity index (χ3n) is 2.47. The van der Waals surface area contributed by atoms with Crippen molar-refractivity contribution in [1.82, 2.24) is 0 Å². The highest BCUT2D eigenvalue weighted by molar-refractivity contribution is 6.05. The van der Waals surface area contributed by atoms with Crippen molar-refractivity contribution in [2.75, 3.05) is 19.8 Å². The number of esters is 2. The van der Waals surface area contributed by atoms with E-state index in [1.165, 1.54) is 0 Å². The maximum Gasteiger partial charge on any atom is 0.348 e. The summed E-state index contributed by atoms with van der Waals surface area (Å²) >= 11 is 0. The number of hydrogen-bond acceptors (Lipinski definition) is 6. The summed E-state index contributed by atoms with van der Waals surface area (Å²) in [5.74, 6) is -1.69. The summed E-state index contributed by atoms with van der Waals surface area (Å²) in [6, 6.07) is 0. The minimum Gasteiger partial charge on any atom is -0.464 e. The van der Waals surface area contributed by atoms with Crippen molar-refractivity contribution in [2.24, 2.45) is 16.1 Å². The van der Waals surface area contributed by atoms with Crippen molar-refractivity contribution in [3.05, 3.63) is 0 Å². The van der Waals surface area contributed by atoms with Gasteiger partial charge in [0.1, 0.15) is 0 Å². The number of azo groups is 1. The fourth-order valence-corrected chi connectivity index (χ4v) is 1.56. The van der Waals surface area contributed by atoms with Gasteiger partial charge in [0.2, 0.25) is 0 Å². The van der Waals surface area contributed by atoms with Crippen LogP contribution in [0.15, 0.2) is 10.2 Å². The van der Waals surface area contributed by atoms with Crippen LogP contribution in [0.25, 0.3) is 0 Å². The molecule has 0 saturated carbocycles. The standard InChI is InChI=1S/C10H16N2O4/c1-4-15-8(13)10(9(14)16-5-2)7(3)6-11-12-10/h7H,4-6H2,1-3H3. The average molecular weight is 228 g/mol. The van der Waals surface area contributed by atoms with Crippen LogP contribution in [0.4, 0.5) is 0 Å². The Labute approximate surface area is 94.0 Å². The van der Waals surface area contributed by atoms with E-state index >= 15 is 0 Å². The van der Waals surface area contributed by atoms with E-state index in [0.717, 1.165) is 0 Å². The Bertz CT molecular complexity index is 296. The van der Waals surface area contributed by atoms with E-state index < -0.39 is 17.5 Å². The quantitative estimate of drug-likeness (QED) is 0.530. The van der Waals surface area contributed by atoms with Gasteiger partial charge in [0.25, 0.3) is 5.54 Å². The first-order chi connectivity index (χ1) is 7.59. The highest BCUT2D eigenvalue weighted by Crippen LogP contribution is 2.31. The van der Waals surface area contributed by atoms with Gasteiger partial charge < -0.3 is 9.47 Å².